The van der Waals surface area contributed by atoms with E-state index in [1.54, 1.807) is 12.1 Å². The number of carbonyl (C=O) groups is 1. The fraction of sp³-hybridized carbons (Fsp3) is 0.400. The lowest BCUT2D eigenvalue weighted by Gasteiger charge is -2.19. The van der Waals surface area contributed by atoms with Crippen molar-refractivity contribution in [1.82, 2.24) is 4.57 Å². The normalized spacial score (nSPS) is 13.5. The molecule has 0 aliphatic rings. The fourth-order valence-electron chi connectivity index (χ4n) is 4.18. The van der Waals surface area contributed by atoms with Crippen molar-refractivity contribution in [1.29, 1.82) is 0 Å². The Morgan fingerprint density at radius 2 is 1.74 bits per heavy atom. The lowest BCUT2D eigenvalue weighted by Crippen LogP contribution is -2.22. The summed E-state index contributed by atoms with van der Waals surface area (Å²) in [7, 11) is 1.27. The summed E-state index contributed by atoms with van der Waals surface area (Å²) in [5, 5.41) is 21.6. The monoisotopic (exact) mass is 427 g/mol. The zero-order valence-electron chi connectivity index (χ0n) is 18.2. The summed E-state index contributed by atoms with van der Waals surface area (Å²) in [6.45, 7) is 4.22. The van der Waals surface area contributed by atoms with Gasteiger partial charge in [-0.3, -0.25) is 4.79 Å². The van der Waals surface area contributed by atoms with Crippen LogP contribution in [0.1, 0.15) is 44.8 Å². The van der Waals surface area contributed by atoms with Crippen LogP contribution < -0.4 is 0 Å². The summed E-state index contributed by atoms with van der Waals surface area (Å²) in [5.74, 6) is -0.786. The van der Waals surface area contributed by atoms with Crippen molar-refractivity contribution < 1.29 is 24.1 Å². The Labute approximate surface area is 182 Å². The molecular weight excluding hydrogens is 397 g/mol. The maximum absolute atomic E-state index is 13.5. The van der Waals surface area contributed by atoms with Crippen LogP contribution in [0.2, 0.25) is 0 Å². The quantitative estimate of drug-likeness (QED) is 0.488. The topological polar surface area (TPSA) is 71.7 Å². The van der Waals surface area contributed by atoms with Crippen LogP contribution in [-0.2, 0) is 16.0 Å². The van der Waals surface area contributed by atoms with Gasteiger partial charge in [0, 0.05) is 28.2 Å². The molecule has 3 aromatic rings. The first-order valence-corrected chi connectivity index (χ1v) is 10.6. The van der Waals surface area contributed by atoms with Crippen LogP contribution in [0.4, 0.5) is 4.39 Å². The zero-order chi connectivity index (χ0) is 22.5. The Hall–Kier alpha value is -2.70. The molecule has 6 heteroatoms. The van der Waals surface area contributed by atoms with Gasteiger partial charge in [-0.05, 0) is 56.9 Å². The molecule has 31 heavy (non-hydrogen) atoms. The van der Waals surface area contributed by atoms with E-state index in [2.05, 4.69) is 35.3 Å². The van der Waals surface area contributed by atoms with Gasteiger partial charge in [0.05, 0.1) is 25.7 Å². The molecule has 0 aliphatic heterocycles. The molecule has 0 fully saturated rings. The second-order valence-corrected chi connectivity index (χ2v) is 8.17. The summed E-state index contributed by atoms with van der Waals surface area (Å²) < 4.78 is 20.4. The van der Waals surface area contributed by atoms with Crippen molar-refractivity contribution in [3.05, 3.63) is 60.0 Å². The van der Waals surface area contributed by atoms with Crippen molar-refractivity contribution in [3.63, 3.8) is 0 Å². The van der Waals surface area contributed by atoms with Crippen LogP contribution in [-0.4, -0.2) is 40.1 Å². The highest BCUT2D eigenvalue weighted by Crippen LogP contribution is 2.38. The van der Waals surface area contributed by atoms with E-state index >= 15 is 0 Å². The number of carbonyl (C=O) groups excluding carboxylic acids is 1. The summed E-state index contributed by atoms with van der Waals surface area (Å²) in [6.07, 6.45) is -0.751. The van der Waals surface area contributed by atoms with Crippen molar-refractivity contribution in [2.24, 2.45) is 0 Å². The summed E-state index contributed by atoms with van der Waals surface area (Å²) in [4.78, 5) is 11.3. The molecule has 0 bridgehead atoms. The van der Waals surface area contributed by atoms with Gasteiger partial charge in [0.1, 0.15) is 5.82 Å². The van der Waals surface area contributed by atoms with Crippen molar-refractivity contribution in [2.45, 2.75) is 57.8 Å². The van der Waals surface area contributed by atoms with Gasteiger partial charge in [-0.15, -0.1) is 0 Å². The highest BCUT2D eigenvalue weighted by atomic mass is 19.1. The molecule has 0 amide bonds. The molecule has 0 saturated carbocycles. The molecule has 0 aliphatic carbocycles. The SMILES string of the molecule is COC(=O)CC(O)CC(O)CCc1c(-c2ccc(F)cc2)c2ccccc2n1C(C)C. The Morgan fingerprint density at radius 1 is 1.06 bits per heavy atom. The molecule has 0 saturated heterocycles. The highest BCUT2D eigenvalue weighted by molar-refractivity contribution is 5.98. The fourth-order valence-corrected chi connectivity index (χ4v) is 4.18. The Bertz CT molecular complexity index is 1030. The van der Waals surface area contributed by atoms with E-state index in [1.165, 1.54) is 19.2 Å². The van der Waals surface area contributed by atoms with E-state index in [4.69, 9.17) is 0 Å². The Kier molecular flexibility index (Phi) is 7.46. The zero-order valence-corrected chi connectivity index (χ0v) is 18.2. The first-order valence-electron chi connectivity index (χ1n) is 10.6. The second kappa shape index (κ2) is 10.1. The number of ether oxygens (including phenoxy) is 1. The van der Waals surface area contributed by atoms with Gasteiger partial charge in [0.25, 0.3) is 0 Å². The van der Waals surface area contributed by atoms with E-state index in [9.17, 15) is 19.4 Å². The van der Waals surface area contributed by atoms with Crippen LogP contribution in [0, 0.1) is 5.82 Å². The number of rotatable bonds is 9. The number of aliphatic hydroxyl groups excluding tert-OH is 2. The average molecular weight is 428 g/mol. The largest absolute Gasteiger partial charge is 0.469 e. The lowest BCUT2D eigenvalue weighted by atomic mass is 9.97. The van der Waals surface area contributed by atoms with Crippen LogP contribution in [0.5, 0.6) is 0 Å². The Morgan fingerprint density at radius 3 is 2.39 bits per heavy atom. The van der Waals surface area contributed by atoms with E-state index in [0.717, 1.165) is 27.7 Å². The minimum absolute atomic E-state index is 0.100. The number of methoxy groups -OCH3 is 1. The van der Waals surface area contributed by atoms with Gasteiger partial charge in [-0.2, -0.15) is 0 Å². The van der Waals surface area contributed by atoms with Gasteiger partial charge in [-0.1, -0.05) is 30.3 Å². The highest BCUT2D eigenvalue weighted by Gasteiger charge is 2.22. The van der Waals surface area contributed by atoms with Crippen LogP contribution in [0.15, 0.2) is 48.5 Å². The van der Waals surface area contributed by atoms with Gasteiger partial charge in [0.15, 0.2) is 0 Å². The number of fused-ring (bicyclic) bond motifs is 1. The number of halogens is 1. The maximum Gasteiger partial charge on any atom is 0.308 e. The minimum Gasteiger partial charge on any atom is -0.469 e. The third kappa shape index (κ3) is 5.32. The molecule has 0 radical (unpaired) electrons. The molecule has 2 N–H and O–H groups in total. The number of hydrogen-bond donors (Lipinski definition) is 2. The number of para-hydroxylation sites is 1. The molecule has 1 aromatic heterocycles. The molecule has 166 valence electrons. The molecule has 2 unspecified atom stereocenters. The molecule has 2 atom stereocenters. The van der Waals surface area contributed by atoms with E-state index in [1.807, 2.05) is 12.1 Å². The van der Waals surface area contributed by atoms with Crippen LogP contribution in [0.3, 0.4) is 0 Å². The molecule has 2 aromatic carbocycles. The molecule has 1 heterocycles. The molecule has 0 spiro atoms. The predicted molar refractivity (Wildman–Crippen MR) is 119 cm³/mol. The first-order chi connectivity index (χ1) is 14.8. The van der Waals surface area contributed by atoms with E-state index < -0.39 is 18.2 Å². The summed E-state index contributed by atoms with van der Waals surface area (Å²) >= 11 is 0. The van der Waals surface area contributed by atoms with Crippen molar-refractivity contribution >= 4 is 16.9 Å². The van der Waals surface area contributed by atoms with Gasteiger partial charge < -0.3 is 19.5 Å². The number of nitrogens with zero attached hydrogens (tertiary/aromatic N) is 1. The van der Waals surface area contributed by atoms with Gasteiger partial charge in [0.2, 0.25) is 0 Å². The average Bonchev–Trinajstić information content (AvgIpc) is 3.07. The van der Waals surface area contributed by atoms with Crippen LogP contribution in [0.25, 0.3) is 22.0 Å². The van der Waals surface area contributed by atoms with Crippen molar-refractivity contribution in [2.75, 3.05) is 7.11 Å². The van der Waals surface area contributed by atoms with Crippen LogP contribution >= 0.6 is 0 Å². The second-order valence-electron chi connectivity index (χ2n) is 8.17. The number of aromatic nitrogens is 1. The molecular formula is C25H30FNO4. The standard InChI is InChI=1S/C25H30FNO4/c1-16(2)27-22-7-5-4-6-21(22)25(17-8-10-18(26)11-9-17)23(27)13-12-19(28)14-20(29)15-24(30)31-3/h4-11,16,19-20,28-29H,12-15H2,1-3H3. The summed E-state index contributed by atoms with van der Waals surface area (Å²) in [6, 6.07) is 14.8. The third-order valence-electron chi connectivity index (χ3n) is 5.55. The van der Waals surface area contributed by atoms with Crippen molar-refractivity contribution in [3.8, 4) is 11.1 Å². The minimum atomic E-state index is -0.949. The number of benzene rings is 2. The van der Waals surface area contributed by atoms with Gasteiger partial charge >= 0.3 is 5.97 Å². The lowest BCUT2D eigenvalue weighted by molar-refractivity contribution is -0.143. The number of esters is 1. The summed E-state index contributed by atoms with van der Waals surface area (Å²) in [5.41, 5.74) is 4.11. The number of hydrogen-bond acceptors (Lipinski definition) is 4. The van der Waals surface area contributed by atoms with E-state index in [0.29, 0.717) is 12.8 Å². The Balaban J connectivity index is 1.93. The molecule has 5 nitrogen and oxygen atoms in total. The smallest absolute Gasteiger partial charge is 0.308 e. The van der Waals surface area contributed by atoms with Gasteiger partial charge in [-0.25, -0.2) is 4.39 Å². The molecule has 3 rings (SSSR count). The maximum atomic E-state index is 13.5. The first kappa shape index (κ1) is 23.0. The number of aliphatic hydroxyl groups is 2. The van der Waals surface area contributed by atoms with E-state index in [-0.39, 0.29) is 24.7 Å². The third-order valence-corrected chi connectivity index (χ3v) is 5.55. The predicted octanol–water partition coefficient (Wildman–Crippen LogP) is 4.64.